The van der Waals surface area contributed by atoms with Crippen LogP contribution in [-0.4, -0.2) is 36.9 Å². The summed E-state index contributed by atoms with van der Waals surface area (Å²) in [5, 5.41) is 2.77. The highest BCUT2D eigenvalue weighted by molar-refractivity contribution is 5.94. The molecule has 0 unspecified atom stereocenters. The molecule has 0 radical (unpaired) electrons. The van der Waals surface area contributed by atoms with Gasteiger partial charge in [0.05, 0.1) is 0 Å². The number of carbonyl (C=O) groups is 2. The van der Waals surface area contributed by atoms with Gasteiger partial charge < -0.3 is 15.0 Å². The molecule has 0 spiro atoms. The minimum Gasteiger partial charge on any atom is -0.484 e. The molecule has 2 aromatic rings. The summed E-state index contributed by atoms with van der Waals surface area (Å²) in [5.74, 6) is 0.165. The minimum atomic E-state index is -0.249. The third-order valence-electron chi connectivity index (χ3n) is 3.61. The molecule has 5 heteroatoms. The van der Waals surface area contributed by atoms with E-state index in [9.17, 15) is 9.59 Å². The Kier molecular flexibility index (Phi) is 5.95. The van der Waals surface area contributed by atoms with E-state index < -0.39 is 0 Å². The zero-order valence-electron chi connectivity index (χ0n) is 14.2. The minimum absolute atomic E-state index is 0.0768. The van der Waals surface area contributed by atoms with Gasteiger partial charge in [-0.1, -0.05) is 23.8 Å². The van der Waals surface area contributed by atoms with Crippen LogP contribution in [0.15, 0.2) is 48.5 Å². The Morgan fingerprint density at radius 1 is 1.12 bits per heavy atom. The molecule has 2 amide bonds. The highest BCUT2D eigenvalue weighted by Crippen LogP contribution is 2.15. The standard InChI is InChI=1S/C19H22N2O3/c1-4-21(3)19(23)15-6-5-7-17(12-15)24-13-18(22)20-16-10-8-14(2)9-11-16/h5-12H,4,13H2,1-3H3,(H,20,22). The van der Waals surface area contributed by atoms with Gasteiger partial charge in [-0.25, -0.2) is 0 Å². The normalized spacial score (nSPS) is 10.1. The number of nitrogens with one attached hydrogen (secondary N) is 1. The van der Waals surface area contributed by atoms with Gasteiger partial charge in [-0.05, 0) is 44.2 Å². The Labute approximate surface area is 142 Å². The van der Waals surface area contributed by atoms with E-state index in [1.807, 2.05) is 38.1 Å². The lowest BCUT2D eigenvalue weighted by atomic mass is 10.2. The first-order chi connectivity index (χ1) is 11.5. The molecule has 126 valence electrons. The molecule has 0 bridgehead atoms. The quantitative estimate of drug-likeness (QED) is 0.887. The molecule has 1 N–H and O–H groups in total. The van der Waals surface area contributed by atoms with Crippen molar-refractivity contribution in [2.24, 2.45) is 0 Å². The van der Waals surface area contributed by atoms with Gasteiger partial charge in [-0.15, -0.1) is 0 Å². The molecule has 0 saturated carbocycles. The number of hydrogen-bond acceptors (Lipinski definition) is 3. The van der Waals surface area contributed by atoms with Crippen LogP contribution < -0.4 is 10.1 Å². The average molecular weight is 326 g/mol. The van der Waals surface area contributed by atoms with Gasteiger partial charge in [0.1, 0.15) is 5.75 Å². The molecule has 2 aromatic carbocycles. The number of hydrogen-bond donors (Lipinski definition) is 1. The molecule has 0 saturated heterocycles. The summed E-state index contributed by atoms with van der Waals surface area (Å²) in [6.07, 6.45) is 0. The number of rotatable bonds is 6. The number of ether oxygens (including phenoxy) is 1. The van der Waals surface area contributed by atoms with Crippen molar-refractivity contribution >= 4 is 17.5 Å². The van der Waals surface area contributed by atoms with Crippen LogP contribution in [0.4, 0.5) is 5.69 Å². The summed E-state index contributed by atoms with van der Waals surface area (Å²) >= 11 is 0. The molecular formula is C19H22N2O3. The van der Waals surface area contributed by atoms with Crippen LogP contribution in [0.1, 0.15) is 22.8 Å². The zero-order valence-corrected chi connectivity index (χ0v) is 14.2. The van der Waals surface area contributed by atoms with Crippen molar-refractivity contribution in [3.63, 3.8) is 0 Å². The molecule has 5 nitrogen and oxygen atoms in total. The first-order valence-electron chi connectivity index (χ1n) is 7.84. The van der Waals surface area contributed by atoms with Crippen LogP contribution in [0.2, 0.25) is 0 Å². The molecule has 0 fully saturated rings. The third kappa shape index (κ3) is 4.84. The topological polar surface area (TPSA) is 58.6 Å². The molecule has 0 atom stereocenters. The van der Waals surface area contributed by atoms with Crippen molar-refractivity contribution in [3.05, 3.63) is 59.7 Å². The molecular weight excluding hydrogens is 304 g/mol. The number of nitrogens with zero attached hydrogens (tertiary/aromatic N) is 1. The van der Waals surface area contributed by atoms with Crippen LogP contribution in [0, 0.1) is 6.92 Å². The molecule has 0 aliphatic heterocycles. The van der Waals surface area contributed by atoms with E-state index in [2.05, 4.69) is 5.32 Å². The number of amides is 2. The van der Waals surface area contributed by atoms with Gasteiger partial charge in [0.15, 0.2) is 6.61 Å². The Morgan fingerprint density at radius 2 is 1.83 bits per heavy atom. The monoisotopic (exact) mass is 326 g/mol. The van der Waals surface area contributed by atoms with Crippen molar-refractivity contribution in [1.82, 2.24) is 4.90 Å². The van der Waals surface area contributed by atoms with Crippen molar-refractivity contribution in [2.75, 3.05) is 25.5 Å². The Hall–Kier alpha value is -2.82. The fourth-order valence-corrected chi connectivity index (χ4v) is 2.07. The molecule has 0 aliphatic carbocycles. The lowest BCUT2D eigenvalue weighted by molar-refractivity contribution is -0.118. The predicted octanol–water partition coefficient (Wildman–Crippen LogP) is 3.10. The second-order valence-electron chi connectivity index (χ2n) is 5.55. The van der Waals surface area contributed by atoms with Crippen LogP contribution in [-0.2, 0) is 4.79 Å². The lowest BCUT2D eigenvalue weighted by Crippen LogP contribution is -2.26. The van der Waals surface area contributed by atoms with Crippen LogP contribution in [0.5, 0.6) is 5.75 Å². The summed E-state index contributed by atoms with van der Waals surface area (Å²) in [6.45, 7) is 4.41. The maximum Gasteiger partial charge on any atom is 0.262 e. The SMILES string of the molecule is CCN(C)C(=O)c1cccc(OCC(=O)Nc2ccc(C)cc2)c1. The van der Waals surface area contributed by atoms with E-state index in [1.54, 1.807) is 36.2 Å². The van der Waals surface area contributed by atoms with Gasteiger partial charge in [-0.3, -0.25) is 9.59 Å². The van der Waals surface area contributed by atoms with E-state index in [0.29, 0.717) is 17.9 Å². The lowest BCUT2D eigenvalue weighted by Gasteiger charge is -2.15. The summed E-state index contributed by atoms with van der Waals surface area (Å²) in [5.41, 5.74) is 2.39. The summed E-state index contributed by atoms with van der Waals surface area (Å²) in [7, 11) is 1.74. The second-order valence-corrected chi connectivity index (χ2v) is 5.55. The largest absolute Gasteiger partial charge is 0.484 e. The van der Waals surface area contributed by atoms with E-state index in [1.165, 1.54) is 0 Å². The predicted molar refractivity (Wildman–Crippen MR) is 94.4 cm³/mol. The van der Waals surface area contributed by atoms with E-state index >= 15 is 0 Å². The Morgan fingerprint density at radius 3 is 2.50 bits per heavy atom. The highest BCUT2D eigenvalue weighted by Gasteiger charge is 2.11. The maximum atomic E-state index is 12.1. The van der Waals surface area contributed by atoms with E-state index in [4.69, 9.17) is 4.74 Å². The molecule has 0 heterocycles. The van der Waals surface area contributed by atoms with Crippen molar-refractivity contribution < 1.29 is 14.3 Å². The second kappa shape index (κ2) is 8.15. The number of carbonyl (C=O) groups excluding carboxylic acids is 2. The maximum absolute atomic E-state index is 12.1. The van der Waals surface area contributed by atoms with Gasteiger partial charge >= 0.3 is 0 Å². The van der Waals surface area contributed by atoms with Crippen molar-refractivity contribution in [3.8, 4) is 5.75 Å². The van der Waals surface area contributed by atoms with Crippen LogP contribution in [0.3, 0.4) is 0 Å². The number of aryl methyl sites for hydroxylation is 1. The summed E-state index contributed by atoms with van der Waals surface area (Å²) < 4.78 is 5.49. The first kappa shape index (κ1) is 17.5. The Balaban J connectivity index is 1.93. The number of anilines is 1. The molecule has 24 heavy (non-hydrogen) atoms. The van der Waals surface area contributed by atoms with Crippen molar-refractivity contribution in [1.29, 1.82) is 0 Å². The van der Waals surface area contributed by atoms with Gasteiger partial charge in [-0.2, -0.15) is 0 Å². The first-order valence-corrected chi connectivity index (χ1v) is 7.84. The van der Waals surface area contributed by atoms with Crippen LogP contribution in [0.25, 0.3) is 0 Å². The van der Waals surface area contributed by atoms with Gasteiger partial charge in [0.25, 0.3) is 11.8 Å². The number of benzene rings is 2. The smallest absolute Gasteiger partial charge is 0.262 e. The van der Waals surface area contributed by atoms with Crippen molar-refractivity contribution in [2.45, 2.75) is 13.8 Å². The summed E-state index contributed by atoms with van der Waals surface area (Å²) in [4.78, 5) is 25.7. The van der Waals surface area contributed by atoms with Crippen LogP contribution >= 0.6 is 0 Å². The third-order valence-corrected chi connectivity index (χ3v) is 3.61. The fourth-order valence-electron chi connectivity index (χ4n) is 2.07. The van der Waals surface area contributed by atoms with Gasteiger partial charge in [0.2, 0.25) is 0 Å². The average Bonchev–Trinajstić information content (AvgIpc) is 2.61. The molecule has 0 aliphatic rings. The highest BCUT2D eigenvalue weighted by atomic mass is 16.5. The fraction of sp³-hybridized carbons (Fsp3) is 0.263. The van der Waals surface area contributed by atoms with Gasteiger partial charge in [0, 0.05) is 24.8 Å². The zero-order chi connectivity index (χ0) is 17.5. The summed E-state index contributed by atoms with van der Waals surface area (Å²) in [6, 6.07) is 14.4. The molecule has 2 rings (SSSR count). The van der Waals surface area contributed by atoms with E-state index in [-0.39, 0.29) is 18.4 Å². The Bertz CT molecular complexity index is 711. The van der Waals surface area contributed by atoms with E-state index in [0.717, 1.165) is 11.3 Å². The molecule has 0 aromatic heterocycles.